The summed E-state index contributed by atoms with van der Waals surface area (Å²) in [5.74, 6) is 0.735. The van der Waals surface area contributed by atoms with E-state index in [0.29, 0.717) is 11.1 Å². The zero-order chi connectivity index (χ0) is 12.5. The molecule has 2 aromatic heterocycles. The number of ether oxygens (including phenoxy) is 1. The minimum atomic E-state index is -0.271. The van der Waals surface area contributed by atoms with Crippen LogP contribution in [0, 0.1) is 0 Å². The Kier molecular flexibility index (Phi) is 2.33. The lowest BCUT2D eigenvalue weighted by Gasteiger charge is -2.00. The Morgan fingerprint density at radius 1 is 1.28 bits per heavy atom. The fourth-order valence-electron chi connectivity index (χ4n) is 1.74. The Hall–Kier alpha value is -2.63. The van der Waals surface area contributed by atoms with E-state index in [2.05, 4.69) is 15.1 Å². The molecule has 0 spiro atoms. The van der Waals surface area contributed by atoms with Crippen molar-refractivity contribution in [2.45, 2.75) is 0 Å². The monoisotopic (exact) mass is 243 g/mol. The molecule has 3 rings (SSSR count). The van der Waals surface area contributed by atoms with Crippen LogP contribution in [0.2, 0.25) is 0 Å². The first kappa shape index (κ1) is 10.5. The van der Waals surface area contributed by atoms with E-state index in [1.54, 1.807) is 19.2 Å². The minimum Gasteiger partial charge on any atom is -0.497 e. The van der Waals surface area contributed by atoms with Crippen molar-refractivity contribution in [2.75, 3.05) is 7.11 Å². The van der Waals surface area contributed by atoms with Gasteiger partial charge in [-0.2, -0.15) is 0 Å². The van der Waals surface area contributed by atoms with Gasteiger partial charge in [-0.3, -0.25) is 4.79 Å². The number of H-pyrrole nitrogens is 1. The number of fused-ring (bicyclic) bond motifs is 1. The predicted molar refractivity (Wildman–Crippen MR) is 64.4 cm³/mol. The minimum absolute atomic E-state index is 0.226. The van der Waals surface area contributed by atoms with Gasteiger partial charge in [-0.1, -0.05) is 5.16 Å². The highest BCUT2D eigenvalue weighted by molar-refractivity contribution is 5.88. The highest BCUT2D eigenvalue weighted by Gasteiger charge is 2.14. The van der Waals surface area contributed by atoms with E-state index in [1.165, 1.54) is 6.33 Å². The van der Waals surface area contributed by atoms with Gasteiger partial charge in [0.25, 0.3) is 11.3 Å². The summed E-state index contributed by atoms with van der Waals surface area (Å²) in [6, 6.07) is 7.20. The lowest BCUT2D eigenvalue weighted by Crippen LogP contribution is -2.05. The summed E-state index contributed by atoms with van der Waals surface area (Å²) >= 11 is 0. The van der Waals surface area contributed by atoms with Crippen molar-refractivity contribution in [3.63, 3.8) is 0 Å². The van der Waals surface area contributed by atoms with Gasteiger partial charge in [0.2, 0.25) is 0 Å². The molecule has 0 unspecified atom stereocenters. The molecule has 1 N–H and O–H groups in total. The van der Waals surface area contributed by atoms with Crippen molar-refractivity contribution in [3.05, 3.63) is 40.9 Å². The van der Waals surface area contributed by atoms with Gasteiger partial charge in [-0.25, -0.2) is 4.98 Å². The van der Waals surface area contributed by atoms with Gasteiger partial charge in [-0.15, -0.1) is 0 Å². The molecule has 0 atom stereocenters. The first-order valence-corrected chi connectivity index (χ1v) is 5.27. The molecule has 0 aliphatic heterocycles. The molecule has 0 saturated carbocycles. The number of rotatable bonds is 2. The SMILES string of the molecule is COc1ccc(-c2noc3nc[nH]c(=O)c23)cc1. The third-order valence-corrected chi connectivity index (χ3v) is 2.64. The molecule has 6 heteroatoms. The van der Waals surface area contributed by atoms with Crippen molar-refractivity contribution in [2.24, 2.45) is 0 Å². The van der Waals surface area contributed by atoms with Crippen LogP contribution in [0.1, 0.15) is 0 Å². The van der Waals surface area contributed by atoms with Crippen molar-refractivity contribution < 1.29 is 9.26 Å². The van der Waals surface area contributed by atoms with Crippen LogP contribution in [0.3, 0.4) is 0 Å². The summed E-state index contributed by atoms with van der Waals surface area (Å²) in [4.78, 5) is 18.2. The fraction of sp³-hybridized carbons (Fsp3) is 0.0833. The van der Waals surface area contributed by atoms with Crippen molar-refractivity contribution in [3.8, 4) is 17.0 Å². The molecular formula is C12H9N3O3. The van der Waals surface area contributed by atoms with Gasteiger partial charge in [0.1, 0.15) is 16.8 Å². The first-order chi connectivity index (χ1) is 8.79. The van der Waals surface area contributed by atoms with Crippen molar-refractivity contribution >= 4 is 11.1 Å². The van der Waals surface area contributed by atoms with E-state index in [1.807, 2.05) is 12.1 Å². The molecule has 0 bridgehead atoms. The second-order valence-corrected chi connectivity index (χ2v) is 3.67. The maximum atomic E-state index is 11.7. The molecule has 0 fully saturated rings. The molecule has 6 nitrogen and oxygen atoms in total. The number of aromatic nitrogens is 3. The molecule has 18 heavy (non-hydrogen) atoms. The Morgan fingerprint density at radius 3 is 2.78 bits per heavy atom. The smallest absolute Gasteiger partial charge is 0.265 e. The summed E-state index contributed by atoms with van der Waals surface area (Å²) in [6.07, 6.45) is 1.29. The summed E-state index contributed by atoms with van der Waals surface area (Å²) in [5, 5.41) is 4.23. The Labute approximate surface area is 101 Å². The van der Waals surface area contributed by atoms with E-state index in [0.717, 1.165) is 11.3 Å². The van der Waals surface area contributed by atoms with Gasteiger partial charge in [-0.05, 0) is 24.3 Å². The van der Waals surface area contributed by atoms with E-state index in [9.17, 15) is 4.79 Å². The predicted octanol–water partition coefficient (Wildman–Crippen LogP) is 1.59. The Bertz CT molecular complexity index is 743. The van der Waals surface area contributed by atoms with Gasteiger partial charge < -0.3 is 14.2 Å². The highest BCUT2D eigenvalue weighted by Crippen LogP contribution is 2.25. The summed E-state index contributed by atoms with van der Waals surface area (Å²) in [5.41, 5.74) is 1.20. The number of hydrogen-bond donors (Lipinski definition) is 1. The van der Waals surface area contributed by atoms with Crippen LogP contribution >= 0.6 is 0 Å². The van der Waals surface area contributed by atoms with E-state index < -0.39 is 0 Å². The number of aromatic amines is 1. The van der Waals surface area contributed by atoms with Gasteiger partial charge >= 0.3 is 0 Å². The lowest BCUT2D eigenvalue weighted by atomic mass is 10.1. The number of nitrogens with zero attached hydrogens (tertiary/aromatic N) is 2. The van der Waals surface area contributed by atoms with Crippen molar-refractivity contribution in [1.82, 2.24) is 15.1 Å². The number of benzene rings is 1. The highest BCUT2D eigenvalue weighted by atomic mass is 16.5. The molecule has 1 aromatic carbocycles. The Morgan fingerprint density at radius 2 is 2.06 bits per heavy atom. The molecule has 0 aliphatic carbocycles. The van der Waals surface area contributed by atoms with E-state index >= 15 is 0 Å². The third kappa shape index (κ3) is 1.55. The average molecular weight is 243 g/mol. The van der Waals surface area contributed by atoms with Crippen LogP contribution < -0.4 is 10.3 Å². The first-order valence-electron chi connectivity index (χ1n) is 5.27. The van der Waals surface area contributed by atoms with Gasteiger partial charge in [0, 0.05) is 5.56 Å². The topological polar surface area (TPSA) is 81.0 Å². The third-order valence-electron chi connectivity index (χ3n) is 2.64. The quantitative estimate of drug-likeness (QED) is 0.739. The molecule has 3 aromatic rings. The maximum Gasteiger partial charge on any atom is 0.265 e. The molecule has 0 saturated heterocycles. The summed E-state index contributed by atoms with van der Waals surface area (Å²) in [7, 11) is 1.59. The average Bonchev–Trinajstić information content (AvgIpc) is 2.84. The van der Waals surface area contributed by atoms with Crippen LogP contribution in [0.25, 0.3) is 22.4 Å². The zero-order valence-corrected chi connectivity index (χ0v) is 9.51. The van der Waals surface area contributed by atoms with Crippen molar-refractivity contribution in [1.29, 1.82) is 0 Å². The van der Waals surface area contributed by atoms with E-state index in [-0.39, 0.29) is 11.3 Å². The lowest BCUT2D eigenvalue weighted by molar-refractivity contribution is 0.415. The standard InChI is InChI=1S/C12H9N3O3/c1-17-8-4-2-7(3-5-8)10-9-11(16)13-6-14-12(9)18-15-10/h2-6H,1H3,(H,13,14,16). The van der Waals surface area contributed by atoms with Gasteiger partial charge in [0.05, 0.1) is 13.4 Å². The largest absolute Gasteiger partial charge is 0.497 e. The molecule has 2 heterocycles. The summed E-state index contributed by atoms with van der Waals surface area (Å²) < 4.78 is 10.1. The van der Waals surface area contributed by atoms with Crippen LogP contribution in [0.4, 0.5) is 0 Å². The van der Waals surface area contributed by atoms with Crippen LogP contribution in [-0.2, 0) is 0 Å². The number of methoxy groups -OCH3 is 1. The van der Waals surface area contributed by atoms with Crippen LogP contribution in [0.5, 0.6) is 5.75 Å². The molecule has 0 radical (unpaired) electrons. The molecular weight excluding hydrogens is 234 g/mol. The fourth-order valence-corrected chi connectivity index (χ4v) is 1.74. The second kappa shape index (κ2) is 3.99. The maximum absolute atomic E-state index is 11.7. The molecule has 90 valence electrons. The second-order valence-electron chi connectivity index (χ2n) is 3.67. The zero-order valence-electron chi connectivity index (χ0n) is 9.51. The summed E-state index contributed by atoms with van der Waals surface area (Å²) in [6.45, 7) is 0. The van der Waals surface area contributed by atoms with E-state index in [4.69, 9.17) is 9.26 Å². The molecule has 0 amide bonds. The Balaban J connectivity index is 2.22. The number of nitrogens with one attached hydrogen (secondary N) is 1. The normalized spacial score (nSPS) is 10.7. The number of hydrogen-bond acceptors (Lipinski definition) is 5. The van der Waals surface area contributed by atoms with Crippen LogP contribution in [-0.4, -0.2) is 22.2 Å². The van der Waals surface area contributed by atoms with Gasteiger partial charge in [0.15, 0.2) is 0 Å². The molecule has 0 aliphatic rings. The van der Waals surface area contributed by atoms with Crippen LogP contribution in [0.15, 0.2) is 39.9 Å².